The monoisotopic (exact) mass is 294 g/mol. The Hall–Kier alpha value is -1.13. The average Bonchev–Trinajstić information content (AvgIpc) is 2.44. The van der Waals surface area contributed by atoms with Crippen molar-refractivity contribution in [2.45, 2.75) is 33.1 Å². The summed E-state index contributed by atoms with van der Waals surface area (Å²) >= 11 is 4.96. The summed E-state index contributed by atoms with van der Waals surface area (Å²) in [6.45, 7) is 8.61. The van der Waals surface area contributed by atoms with E-state index in [1.165, 1.54) is 25.9 Å². The van der Waals surface area contributed by atoms with Gasteiger partial charge in [0.1, 0.15) is 10.7 Å². The van der Waals surface area contributed by atoms with Crippen molar-refractivity contribution < 1.29 is 4.74 Å². The molecule has 0 bridgehead atoms. The highest BCUT2D eigenvalue weighted by Crippen LogP contribution is 2.13. The molecule has 3 nitrogen and oxygen atoms in total. The van der Waals surface area contributed by atoms with Crippen molar-refractivity contribution in [3.8, 4) is 5.75 Å². The Kier molecular flexibility index (Phi) is 8.23. The average molecular weight is 294 g/mol. The minimum Gasteiger partial charge on any atom is -0.494 e. The summed E-state index contributed by atoms with van der Waals surface area (Å²) in [6.07, 6.45) is 3.45. The lowest BCUT2D eigenvalue weighted by Gasteiger charge is -2.20. The van der Waals surface area contributed by atoms with Gasteiger partial charge in [0.25, 0.3) is 0 Å². The number of thiocarbonyl (C=S) groups is 1. The maximum Gasteiger partial charge on any atom is 0.119 e. The molecule has 0 saturated carbocycles. The molecule has 0 amide bonds. The van der Waals surface area contributed by atoms with Gasteiger partial charge in [0, 0.05) is 12.1 Å². The number of nitrogens with two attached hydrogens (primary N) is 1. The third kappa shape index (κ3) is 6.35. The van der Waals surface area contributed by atoms with Crippen molar-refractivity contribution in [1.29, 1.82) is 0 Å². The van der Waals surface area contributed by atoms with Gasteiger partial charge in [-0.25, -0.2) is 0 Å². The fraction of sp³-hybridized carbons (Fsp3) is 0.562. The fourth-order valence-electron chi connectivity index (χ4n) is 2.19. The topological polar surface area (TPSA) is 38.5 Å². The van der Waals surface area contributed by atoms with E-state index in [0.29, 0.717) is 4.99 Å². The van der Waals surface area contributed by atoms with Gasteiger partial charge in [-0.1, -0.05) is 38.2 Å². The van der Waals surface area contributed by atoms with Crippen LogP contribution in [-0.2, 0) is 0 Å². The second-order valence-electron chi connectivity index (χ2n) is 4.94. The van der Waals surface area contributed by atoms with E-state index >= 15 is 0 Å². The predicted molar refractivity (Wildman–Crippen MR) is 89.5 cm³/mol. The van der Waals surface area contributed by atoms with Crippen molar-refractivity contribution in [2.24, 2.45) is 5.73 Å². The highest BCUT2D eigenvalue weighted by molar-refractivity contribution is 7.80. The lowest BCUT2D eigenvalue weighted by molar-refractivity contribution is 0.234. The summed E-state index contributed by atoms with van der Waals surface area (Å²) in [5, 5.41) is 0. The third-order valence-corrected chi connectivity index (χ3v) is 3.32. The molecule has 0 aliphatic heterocycles. The van der Waals surface area contributed by atoms with Gasteiger partial charge < -0.3 is 15.4 Å². The third-order valence-electron chi connectivity index (χ3n) is 3.09. The summed E-state index contributed by atoms with van der Waals surface area (Å²) in [6, 6.07) is 7.67. The first kappa shape index (κ1) is 16.9. The van der Waals surface area contributed by atoms with Crippen molar-refractivity contribution in [2.75, 3.05) is 26.2 Å². The molecule has 0 fully saturated rings. The van der Waals surface area contributed by atoms with Crippen LogP contribution >= 0.6 is 12.2 Å². The minimum atomic E-state index is 0.410. The second-order valence-corrected chi connectivity index (χ2v) is 5.38. The van der Waals surface area contributed by atoms with Crippen molar-refractivity contribution in [1.82, 2.24) is 4.90 Å². The van der Waals surface area contributed by atoms with Gasteiger partial charge in [-0.2, -0.15) is 0 Å². The normalized spacial score (nSPS) is 10.8. The maximum absolute atomic E-state index is 5.76. The maximum atomic E-state index is 5.76. The Balaban J connectivity index is 2.33. The highest BCUT2D eigenvalue weighted by Gasteiger charge is 2.03. The molecule has 0 spiro atoms. The van der Waals surface area contributed by atoms with Crippen LogP contribution in [0.1, 0.15) is 38.7 Å². The van der Waals surface area contributed by atoms with Crippen LogP contribution in [0.25, 0.3) is 0 Å². The molecule has 0 aliphatic rings. The minimum absolute atomic E-state index is 0.410. The van der Waals surface area contributed by atoms with Gasteiger partial charge in [0.2, 0.25) is 0 Å². The molecule has 1 aromatic rings. The predicted octanol–water partition coefficient (Wildman–Crippen LogP) is 3.21. The first-order chi connectivity index (χ1) is 9.67. The lowest BCUT2D eigenvalue weighted by Crippen LogP contribution is -2.27. The van der Waals surface area contributed by atoms with Crippen molar-refractivity contribution >= 4 is 17.2 Å². The standard InChI is InChI=1S/C16H26N2OS/c1-3-9-18(10-4-2)11-6-12-19-15-8-5-7-14(13-15)16(17)20/h5,7-8,13H,3-4,6,9-12H2,1-2H3,(H2,17,20). The number of hydrogen-bond donors (Lipinski definition) is 1. The Morgan fingerprint density at radius 2 is 1.90 bits per heavy atom. The van der Waals surface area contributed by atoms with E-state index in [1.54, 1.807) is 0 Å². The summed E-state index contributed by atoms with van der Waals surface area (Å²) in [4.78, 5) is 2.90. The SMILES string of the molecule is CCCN(CCC)CCCOc1cccc(C(N)=S)c1. The van der Waals surface area contributed by atoms with E-state index in [2.05, 4.69) is 18.7 Å². The van der Waals surface area contributed by atoms with Crippen LogP contribution in [-0.4, -0.2) is 36.1 Å². The molecule has 0 radical (unpaired) electrons. The van der Waals surface area contributed by atoms with Gasteiger partial charge in [-0.15, -0.1) is 0 Å². The molecule has 0 aromatic heterocycles. The van der Waals surface area contributed by atoms with E-state index < -0.39 is 0 Å². The summed E-state index contributed by atoms with van der Waals surface area (Å²) in [5.74, 6) is 0.841. The Bertz CT molecular complexity index is 403. The summed E-state index contributed by atoms with van der Waals surface area (Å²) in [7, 11) is 0. The van der Waals surface area contributed by atoms with Gasteiger partial charge >= 0.3 is 0 Å². The molecule has 2 N–H and O–H groups in total. The van der Waals surface area contributed by atoms with Gasteiger partial charge in [0.05, 0.1) is 6.61 Å². The second kappa shape index (κ2) is 9.72. The van der Waals surface area contributed by atoms with E-state index in [0.717, 1.165) is 30.9 Å². The van der Waals surface area contributed by atoms with Crippen LogP contribution in [0.5, 0.6) is 5.75 Å². The largest absolute Gasteiger partial charge is 0.494 e. The lowest BCUT2D eigenvalue weighted by atomic mass is 10.2. The van der Waals surface area contributed by atoms with E-state index in [-0.39, 0.29) is 0 Å². The smallest absolute Gasteiger partial charge is 0.119 e. The zero-order valence-corrected chi connectivity index (χ0v) is 13.4. The molecule has 0 heterocycles. The highest BCUT2D eigenvalue weighted by atomic mass is 32.1. The van der Waals surface area contributed by atoms with Crippen LogP contribution in [0.3, 0.4) is 0 Å². The molecule has 112 valence electrons. The summed E-state index contributed by atoms with van der Waals surface area (Å²) in [5.41, 5.74) is 6.47. The first-order valence-electron chi connectivity index (χ1n) is 7.42. The van der Waals surface area contributed by atoms with Gasteiger partial charge in [0.15, 0.2) is 0 Å². The molecule has 0 unspecified atom stereocenters. The van der Waals surface area contributed by atoms with Crippen LogP contribution in [0.2, 0.25) is 0 Å². The first-order valence-corrected chi connectivity index (χ1v) is 7.83. The van der Waals surface area contributed by atoms with Gasteiger partial charge in [-0.3, -0.25) is 0 Å². The molecule has 4 heteroatoms. The Morgan fingerprint density at radius 1 is 1.20 bits per heavy atom. The van der Waals surface area contributed by atoms with Crippen LogP contribution in [0.4, 0.5) is 0 Å². The Labute approximate surface area is 128 Å². The van der Waals surface area contributed by atoms with E-state index in [9.17, 15) is 0 Å². The molecule has 1 aromatic carbocycles. The van der Waals surface area contributed by atoms with Crippen LogP contribution in [0.15, 0.2) is 24.3 Å². The molecular weight excluding hydrogens is 268 g/mol. The number of nitrogens with zero attached hydrogens (tertiary/aromatic N) is 1. The molecule has 0 atom stereocenters. The number of benzene rings is 1. The van der Waals surface area contributed by atoms with Gasteiger partial charge in [-0.05, 0) is 44.5 Å². The zero-order valence-electron chi connectivity index (χ0n) is 12.6. The number of ether oxygens (including phenoxy) is 1. The van der Waals surface area contributed by atoms with Crippen molar-refractivity contribution in [3.63, 3.8) is 0 Å². The molecule has 20 heavy (non-hydrogen) atoms. The molecule has 0 saturated heterocycles. The zero-order chi connectivity index (χ0) is 14.8. The Morgan fingerprint density at radius 3 is 2.50 bits per heavy atom. The fourth-order valence-corrected chi connectivity index (χ4v) is 2.31. The van der Waals surface area contributed by atoms with Crippen LogP contribution in [0, 0.1) is 0 Å². The van der Waals surface area contributed by atoms with Crippen LogP contribution < -0.4 is 10.5 Å². The number of rotatable bonds is 10. The molecular formula is C16H26N2OS. The van der Waals surface area contributed by atoms with Crippen molar-refractivity contribution in [3.05, 3.63) is 29.8 Å². The quantitative estimate of drug-likeness (QED) is 0.531. The van der Waals surface area contributed by atoms with E-state index in [4.69, 9.17) is 22.7 Å². The molecule has 0 aliphatic carbocycles. The number of hydrogen-bond acceptors (Lipinski definition) is 3. The van der Waals surface area contributed by atoms with E-state index in [1.807, 2.05) is 24.3 Å². The summed E-state index contributed by atoms with van der Waals surface area (Å²) < 4.78 is 5.76. The molecule has 1 rings (SSSR count).